The van der Waals surface area contributed by atoms with Crippen LogP contribution in [0.1, 0.15) is 18.9 Å². The van der Waals surface area contributed by atoms with Crippen molar-refractivity contribution >= 4 is 11.6 Å². The number of nitrogens with one attached hydrogen (secondary N) is 1. The van der Waals surface area contributed by atoms with Crippen molar-refractivity contribution in [1.82, 2.24) is 5.32 Å². The molecule has 3 heteroatoms. The number of alkyl halides is 1. The van der Waals surface area contributed by atoms with Gasteiger partial charge < -0.3 is 10.1 Å². The van der Waals surface area contributed by atoms with E-state index in [1.165, 1.54) is 5.56 Å². The third-order valence-electron chi connectivity index (χ3n) is 2.79. The topological polar surface area (TPSA) is 21.3 Å². The van der Waals surface area contributed by atoms with Crippen molar-refractivity contribution in [2.75, 3.05) is 19.6 Å². The van der Waals surface area contributed by atoms with E-state index in [9.17, 15) is 0 Å². The summed E-state index contributed by atoms with van der Waals surface area (Å²) >= 11 is 6.00. The smallest absolute Gasteiger partial charge is 0.0476 e. The van der Waals surface area contributed by atoms with E-state index in [0.717, 1.165) is 19.4 Å². The second-order valence-corrected chi connectivity index (χ2v) is 4.70. The first kappa shape index (κ1) is 14.5. The van der Waals surface area contributed by atoms with Crippen molar-refractivity contribution < 1.29 is 4.74 Å². The molecule has 1 aromatic carbocycles. The molecule has 2 nitrogen and oxygen atoms in total. The molecule has 2 unspecified atom stereocenters. The number of benzene rings is 1. The normalized spacial score (nSPS) is 14.5. The highest BCUT2D eigenvalue weighted by Crippen LogP contribution is 2.06. The quantitative estimate of drug-likeness (QED) is 0.722. The van der Waals surface area contributed by atoms with Crippen molar-refractivity contribution in [2.45, 2.75) is 31.8 Å². The molecule has 0 heterocycles. The van der Waals surface area contributed by atoms with Crippen LogP contribution in [0.3, 0.4) is 0 Å². The Balaban J connectivity index is 2.38. The van der Waals surface area contributed by atoms with E-state index in [1.807, 2.05) is 6.07 Å². The first-order valence-electron chi connectivity index (χ1n) is 6.11. The summed E-state index contributed by atoms with van der Waals surface area (Å²) in [6.45, 7) is 2.96. The van der Waals surface area contributed by atoms with E-state index in [-0.39, 0.29) is 0 Å². The highest BCUT2D eigenvalue weighted by Gasteiger charge is 2.11. The first-order chi connectivity index (χ1) is 8.26. The third kappa shape index (κ3) is 6.06. The van der Waals surface area contributed by atoms with E-state index in [4.69, 9.17) is 16.3 Å². The largest absolute Gasteiger partial charge is 0.385 e. The van der Waals surface area contributed by atoms with Gasteiger partial charge in [0.1, 0.15) is 0 Å². The van der Waals surface area contributed by atoms with E-state index >= 15 is 0 Å². The van der Waals surface area contributed by atoms with Crippen molar-refractivity contribution in [2.24, 2.45) is 0 Å². The zero-order valence-corrected chi connectivity index (χ0v) is 11.4. The molecule has 0 spiro atoms. The van der Waals surface area contributed by atoms with Crippen LogP contribution in [0.25, 0.3) is 0 Å². The standard InChI is InChI=1S/C14H22ClNO/c1-12(8-9-17-2)16-14(11-15)10-13-6-4-3-5-7-13/h3-7,12,14,16H,8-11H2,1-2H3. The number of hydrogen-bond acceptors (Lipinski definition) is 2. The first-order valence-corrected chi connectivity index (χ1v) is 6.64. The van der Waals surface area contributed by atoms with E-state index in [0.29, 0.717) is 18.0 Å². The Labute approximate surface area is 109 Å². The zero-order chi connectivity index (χ0) is 12.5. The van der Waals surface area contributed by atoms with Gasteiger partial charge in [-0.2, -0.15) is 0 Å². The molecule has 0 aliphatic heterocycles. The molecule has 17 heavy (non-hydrogen) atoms. The van der Waals surface area contributed by atoms with Crippen molar-refractivity contribution in [1.29, 1.82) is 0 Å². The van der Waals surface area contributed by atoms with Crippen LogP contribution in [0.5, 0.6) is 0 Å². The highest BCUT2D eigenvalue weighted by atomic mass is 35.5. The van der Waals surface area contributed by atoms with Crippen LogP contribution >= 0.6 is 11.6 Å². The van der Waals surface area contributed by atoms with E-state index in [2.05, 4.69) is 36.5 Å². The van der Waals surface area contributed by atoms with Crippen molar-refractivity contribution in [3.8, 4) is 0 Å². The van der Waals surface area contributed by atoms with Crippen LogP contribution < -0.4 is 5.32 Å². The number of rotatable bonds is 8. The number of halogens is 1. The molecule has 0 radical (unpaired) electrons. The lowest BCUT2D eigenvalue weighted by molar-refractivity contribution is 0.183. The molecule has 0 saturated carbocycles. The molecule has 2 atom stereocenters. The SMILES string of the molecule is COCCC(C)NC(CCl)Cc1ccccc1. The molecule has 0 saturated heterocycles. The summed E-state index contributed by atoms with van der Waals surface area (Å²) in [4.78, 5) is 0. The minimum atomic E-state index is 0.325. The Kier molecular flexibility index (Phi) is 7.25. The fraction of sp³-hybridized carbons (Fsp3) is 0.571. The molecule has 1 rings (SSSR count). The second-order valence-electron chi connectivity index (χ2n) is 4.39. The maximum atomic E-state index is 6.00. The summed E-state index contributed by atoms with van der Waals surface area (Å²) in [7, 11) is 1.73. The molecule has 0 amide bonds. The van der Waals surface area contributed by atoms with Crippen LogP contribution in [0, 0.1) is 0 Å². The van der Waals surface area contributed by atoms with Gasteiger partial charge in [0, 0.05) is 31.7 Å². The van der Waals surface area contributed by atoms with Crippen LogP contribution in [-0.4, -0.2) is 31.7 Å². The predicted octanol–water partition coefficient (Wildman–Crippen LogP) is 2.85. The maximum Gasteiger partial charge on any atom is 0.0476 e. The highest BCUT2D eigenvalue weighted by molar-refractivity contribution is 6.18. The molecule has 1 N–H and O–H groups in total. The minimum Gasteiger partial charge on any atom is -0.385 e. The zero-order valence-electron chi connectivity index (χ0n) is 10.7. The van der Waals surface area contributed by atoms with Gasteiger partial charge in [0.2, 0.25) is 0 Å². The number of methoxy groups -OCH3 is 1. The van der Waals surface area contributed by atoms with Crippen molar-refractivity contribution in [3.63, 3.8) is 0 Å². The molecule has 0 aliphatic carbocycles. The molecule has 1 aromatic rings. The van der Waals surface area contributed by atoms with E-state index in [1.54, 1.807) is 7.11 Å². The second kappa shape index (κ2) is 8.51. The van der Waals surface area contributed by atoms with Crippen LogP contribution in [0.2, 0.25) is 0 Å². The van der Waals surface area contributed by atoms with Gasteiger partial charge >= 0.3 is 0 Å². The molecule has 0 fully saturated rings. The molecule has 0 bridgehead atoms. The third-order valence-corrected chi connectivity index (χ3v) is 3.16. The Morgan fingerprint density at radius 2 is 2.00 bits per heavy atom. The van der Waals surface area contributed by atoms with Gasteiger partial charge in [-0.25, -0.2) is 0 Å². The summed E-state index contributed by atoms with van der Waals surface area (Å²) in [5, 5.41) is 3.54. The maximum absolute atomic E-state index is 6.00. The summed E-state index contributed by atoms with van der Waals surface area (Å²) in [5.41, 5.74) is 1.32. The Hall–Kier alpha value is -0.570. The van der Waals surface area contributed by atoms with Crippen LogP contribution in [0.4, 0.5) is 0 Å². The van der Waals surface area contributed by atoms with Gasteiger partial charge in [0.05, 0.1) is 0 Å². The van der Waals surface area contributed by atoms with Gasteiger partial charge in [-0.15, -0.1) is 11.6 Å². The van der Waals surface area contributed by atoms with Crippen molar-refractivity contribution in [3.05, 3.63) is 35.9 Å². The van der Waals surface area contributed by atoms with Gasteiger partial charge in [0.15, 0.2) is 0 Å². The minimum absolute atomic E-state index is 0.325. The average molecular weight is 256 g/mol. The molecular weight excluding hydrogens is 234 g/mol. The lowest BCUT2D eigenvalue weighted by atomic mass is 10.1. The van der Waals surface area contributed by atoms with E-state index < -0.39 is 0 Å². The molecule has 96 valence electrons. The number of hydrogen-bond donors (Lipinski definition) is 1. The fourth-order valence-electron chi connectivity index (χ4n) is 1.84. The predicted molar refractivity (Wildman–Crippen MR) is 73.7 cm³/mol. The Bertz CT molecular complexity index is 292. The molecule has 0 aliphatic rings. The average Bonchev–Trinajstić information content (AvgIpc) is 2.36. The van der Waals surface area contributed by atoms with Gasteiger partial charge in [-0.3, -0.25) is 0 Å². The summed E-state index contributed by atoms with van der Waals surface area (Å²) in [5.74, 6) is 0.631. The summed E-state index contributed by atoms with van der Waals surface area (Å²) in [6, 6.07) is 11.2. The summed E-state index contributed by atoms with van der Waals surface area (Å²) in [6.07, 6.45) is 1.99. The van der Waals surface area contributed by atoms with Gasteiger partial charge in [0.25, 0.3) is 0 Å². The lowest BCUT2D eigenvalue weighted by Gasteiger charge is -2.21. The molecular formula is C14H22ClNO. The monoisotopic (exact) mass is 255 g/mol. The fourth-order valence-corrected chi connectivity index (χ4v) is 2.04. The molecule has 0 aromatic heterocycles. The Morgan fingerprint density at radius 1 is 1.29 bits per heavy atom. The van der Waals surface area contributed by atoms with Gasteiger partial charge in [-0.05, 0) is 25.3 Å². The lowest BCUT2D eigenvalue weighted by Crippen LogP contribution is -2.39. The number of ether oxygens (including phenoxy) is 1. The van der Waals surface area contributed by atoms with Crippen LogP contribution in [-0.2, 0) is 11.2 Å². The summed E-state index contributed by atoms with van der Waals surface area (Å²) < 4.78 is 5.07. The Morgan fingerprint density at radius 3 is 2.59 bits per heavy atom. The van der Waals surface area contributed by atoms with Gasteiger partial charge in [-0.1, -0.05) is 30.3 Å². The van der Waals surface area contributed by atoms with Crippen LogP contribution in [0.15, 0.2) is 30.3 Å².